The molecular formula is C12H22N4. The first-order chi connectivity index (χ1) is 7.72. The number of hydrogen-bond acceptors (Lipinski definition) is 3. The third-order valence-electron chi connectivity index (χ3n) is 3.48. The zero-order valence-electron chi connectivity index (χ0n) is 10.3. The van der Waals surface area contributed by atoms with Gasteiger partial charge in [0, 0.05) is 24.8 Å². The van der Waals surface area contributed by atoms with Crippen LogP contribution >= 0.6 is 0 Å². The van der Waals surface area contributed by atoms with E-state index >= 15 is 0 Å². The van der Waals surface area contributed by atoms with Crippen LogP contribution in [0.4, 0.5) is 0 Å². The van der Waals surface area contributed by atoms with Gasteiger partial charge in [-0.15, -0.1) is 0 Å². The molecule has 2 N–H and O–H groups in total. The molecule has 1 aliphatic rings. The lowest BCUT2D eigenvalue weighted by Gasteiger charge is -2.33. The van der Waals surface area contributed by atoms with E-state index in [-0.39, 0.29) is 6.04 Å². The molecule has 2 heterocycles. The smallest absolute Gasteiger partial charge is 0.0951 e. The van der Waals surface area contributed by atoms with Gasteiger partial charge in [-0.1, -0.05) is 6.92 Å². The molecule has 1 aliphatic heterocycles. The summed E-state index contributed by atoms with van der Waals surface area (Å²) in [7, 11) is 0. The van der Waals surface area contributed by atoms with Gasteiger partial charge in [-0.2, -0.15) is 0 Å². The Bertz CT molecular complexity index is 332. The molecule has 4 nitrogen and oxygen atoms in total. The minimum atomic E-state index is 0.0690. The lowest BCUT2D eigenvalue weighted by molar-refractivity contribution is 0.183. The van der Waals surface area contributed by atoms with Crippen LogP contribution in [0.5, 0.6) is 0 Å². The van der Waals surface area contributed by atoms with Crippen molar-refractivity contribution in [3.05, 3.63) is 18.2 Å². The third-order valence-corrected chi connectivity index (χ3v) is 3.48. The van der Waals surface area contributed by atoms with Gasteiger partial charge in [0.1, 0.15) is 0 Å². The standard InChI is InChI=1S/C12H22N4/c1-3-15-6-4-5-11(8-15)16-9-14-7-12(16)10(2)13/h7,9-11H,3-6,8,13H2,1-2H3/t10-,11?/m1/s1. The second-order valence-corrected chi connectivity index (χ2v) is 4.70. The summed E-state index contributed by atoms with van der Waals surface area (Å²) in [5.41, 5.74) is 7.11. The Balaban J connectivity index is 2.13. The van der Waals surface area contributed by atoms with Gasteiger partial charge in [0.05, 0.1) is 12.0 Å². The zero-order valence-corrected chi connectivity index (χ0v) is 10.3. The van der Waals surface area contributed by atoms with Crippen LogP contribution < -0.4 is 5.73 Å². The van der Waals surface area contributed by atoms with Crippen molar-refractivity contribution in [1.82, 2.24) is 14.5 Å². The van der Waals surface area contributed by atoms with Crippen LogP contribution in [0, 0.1) is 0 Å². The molecule has 1 saturated heterocycles. The quantitative estimate of drug-likeness (QED) is 0.844. The van der Waals surface area contributed by atoms with Crippen molar-refractivity contribution < 1.29 is 0 Å². The Labute approximate surface area is 97.4 Å². The molecule has 90 valence electrons. The summed E-state index contributed by atoms with van der Waals surface area (Å²) in [6.07, 6.45) is 6.35. The molecular weight excluding hydrogens is 200 g/mol. The second-order valence-electron chi connectivity index (χ2n) is 4.70. The number of piperidine rings is 1. The fourth-order valence-corrected chi connectivity index (χ4v) is 2.52. The minimum Gasteiger partial charge on any atom is -0.329 e. The molecule has 1 aromatic heterocycles. The molecule has 4 heteroatoms. The fraction of sp³-hybridized carbons (Fsp3) is 0.750. The molecule has 0 radical (unpaired) electrons. The van der Waals surface area contributed by atoms with E-state index in [1.165, 1.54) is 19.4 Å². The van der Waals surface area contributed by atoms with Crippen molar-refractivity contribution in [1.29, 1.82) is 0 Å². The topological polar surface area (TPSA) is 47.1 Å². The van der Waals surface area contributed by atoms with Crippen LogP contribution in [0.1, 0.15) is 44.5 Å². The Morgan fingerprint density at radius 2 is 2.44 bits per heavy atom. The van der Waals surface area contributed by atoms with Crippen molar-refractivity contribution in [3.8, 4) is 0 Å². The Hall–Kier alpha value is -0.870. The highest BCUT2D eigenvalue weighted by atomic mass is 15.2. The predicted molar refractivity (Wildman–Crippen MR) is 65.2 cm³/mol. The first kappa shape index (κ1) is 11.6. The number of likely N-dealkylation sites (N-methyl/N-ethyl adjacent to an activating group) is 1. The van der Waals surface area contributed by atoms with Gasteiger partial charge >= 0.3 is 0 Å². The number of aromatic nitrogens is 2. The third kappa shape index (κ3) is 2.28. The number of rotatable bonds is 3. The molecule has 1 unspecified atom stereocenters. The molecule has 16 heavy (non-hydrogen) atoms. The number of nitrogens with zero attached hydrogens (tertiary/aromatic N) is 3. The lowest BCUT2D eigenvalue weighted by atomic mass is 10.0. The van der Waals surface area contributed by atoms with Crippen molar-refractivity contribution in [3.63, 3.8) is 0 Å². The number of hydrogen-bond donors (Lipinski definition) is 1. The molecule has 2 rings (SSSR count). The van der Waals surface area contributed by atoms with Gasteiger partial charge in [0.15, 0.2) is 0 Å². The zero-order chi connectivity index (χ0) is 11.5. The maximum atomic E-state index is 5.96. The van der Waals surface area contributed by atoms with Gasteiger partial charge in [-0.25, -0.2) is 4.98 Å². The molecule has 1 fully saturated rings. The highest BCUT2D eigenvalue weighted by molar-refractivity contribution is 5.05. The summed E-state index contributed by atoms with van der Waals surface area (Å²) < 4.78 is 2.27. The molecule has 0 aromatic carbocycles. The summed E-state index contributed by atoms with van der Waals surface area (Å²) >= 11 is 0. The van der Waals surface area contributed by atoms with E-state index in [1.807, 2.05) is 19.4 Å². The summed E-state index contributed by atoms with van der Waals surface area (Å²) in [6, 6.07) is 0.622. The van der Waals surface area contributed by atoms with Gasteiger partial charge < -0.3 is 15.2 Å². The molecule has 0 amide bonds. The highest BCUT2D eigenvalue weighted by Crippen LogP contribution is 2.24. The van der Waals surface area contributed by atoms with E-state index in [4.69, 9.17) is 5.73 Å². The number of imidazole rings is 1. The SMILES string of the molecule is CCN1CCCC(n2cncc2[C@@H](C)N)C1. The van der Waals surface area contributed by atoms with Crippen LogP contribution in [0.25, 0.3) is 0 Å². The fourth-order valence-electron chi connectivity index (χ4n) is 2.52. The maximum absolute atomic E-state index is 5.96. The maximum Gasteiger partial charge on any atom is 0.0951 e. The Kier molecular flexibility index (Phi) is 3.61. The van der Waals surface area contributed by atoms with Crippen LogP contribution in [0.2, 0.25) is 0 Å². The van der Waals surface area contributed by atoms with Crippen molar-refractivity contribution in [2.24, 2.45) is 5.73 Å². The van der Waals surface area contributed by atoms with Crippen molar-refractivity contribution >= 4 is 0 Å². The van der Waals surface area contributed by atoms with E-state index < -0.39 is 0 Å². The van der Waals surface area contributed by atoms with Gasteiger partial charge in [-0.05, 0) is 32.9 Å². The monoisotopic (exact) mass is 222 g/mol. The van der Waals surface area contributed by atoms with E-state index in [9.17, 15) is 0 Å². The van der Waals surface area contributed by atoms with Gasteiger partial charge in [-0.3, -0.25) is 0 Å². The van der Waals surface area contributed by atoms with Crippen molar-refractivity contribution in [2.75, 3.05) is 19.6 Å². The van der Waals surface area contributed by atoms with Gasteiger partial charge in [0.2, 0.25) is 0 Å². The molecule has 0 bridgehead atoms. The summed E-state index contributed by atoms with van der Waals surface area (Å²) in [6.45, 7) is 7.75. The Morgan fingerprint density at radius 1 is 1.62 bits per heavy atom. The second kappa shape index (κ2) is 4.97. The average Bonchev–Trinajstić information content (AvgIpc) is 2.78. The molecule has 1 aromatic rings. The molecule has 0 spiro atoms. The van der Waals surface area contributed by atoms with E-state index in [0.717, 1.165) is 18.8 Å². The van der Waals surface area contributed by atoms with Crippen LogP contribution in [0.15, 0.2) is 12.5 Å². The molecule has 0 saturated carbocycles. The first-order valence-corrected chi connectivity index (χ1v) is 6.22. The van der Waals surface area contributed by atoms with E-state index in [2.05, 4.69) is 21.4 Å². The van der Waals surface area contributed by atoms with E-state index in [0.29, 0.717) is 6.04 Å². The molecule has 2 atom stereocenters. The first-order valence-electron chi connectivity index (χ1n) is 6.22. The van der Waals surface area contributed by atoms with Gasteiger partial charge in [0.25, 0.3) is 0 Å². The van der Waals surface area contributed by atoms with Crippen LogP contribution in [-0.2, 0) is 0 Å². The summed E-state index contributed by atoms with van der Waals surface area (Å²) in [5.74, 6) is 0. The lowest BCUT2D eigenvalue weighted by Crippen LogP contribution is -2.37. The Morgan fingerprint density at radius 3 is 3.12 bits per heavy atom. The highest BCUT2D eigenvalue weighted by Gasteiger charge is 2.22. The largest absolute Gasteiger partial charge is 0.329 e. The number of nitrogens with two attached hydrogens (primary N) is 1. The van der Waals surface area contributed by atoms with Crippen LogP contribution in [0.3, 0.4) is 0 Å². The van der Waals surface area contributed by atoms with Crippen molar-refractivity contribution in [2.45, 2.75) is 38.8 Å². The summed E-state index contributed by atoms with van der Waals surface area (Å²) in [5, 5.41) is 0. The normalized spacial score (nSPS) is 24.6. The van der Waals surface area contributed by atoms with E-state index in [1.54, 1.807) is 0 Å². The average molecular weight is 222 g/mol. The summed E-state index contributed by atoms with van der Waals surface area (Å²) in [4.78, 5) is 6.73. The minimum absolute atomic E-state index is 0.0690. The molecule has 0 aliphatic carbocycles. The predicted octanol–water partition coefficient (Wildman–Crippen LogP) is 1.56. The number of likely N-dealkylation sites (tertiary alicyclic amines) is 1. The van der Waals surface area contributed by atoms with Crippen LogP contribution in [-0.4, -0.2) is 34.1 Å².